The summed E-state index contributed by atoms with van der Waals surface area (Å²) < 4.78 is 0. The van der Waals surface area contributed by atoms with Gasteiger partial charge in [0.25, 0.3) is 0 Å². The molecule has 0 radical (unpaired) electrons. The fourth-order valence-corrected chi connectivity index (χ4v) is 6.81. The SMILES string of the molecule is NCC1(CCc2ccccc2)CCN(C(=O)NCCCCCCNC(=O)N2CCC(CN)(CCc3ccccc3)CC2)CC1. The second kappa shape index (κ2) is 17.4. The third kappa shape index (κ3) is 10.2. The Bertz CT molecular complexity index is 1020. The smallest absolute Gasteiger partial charge is 0.317 e. The zero-order valence-electron chi connectivity index (χ0n) is 26.8. The first-order valence-electron chi connectivity index (χ1n) is 17.0. The zero-order chi connectivity index (χ0) is 31.1. The number of aryl methyl sites for hydroxylation is 2. The van der Waals surface area contributed by atoms with E-state index in [1.54, 1.807) is 0 Å². The van der Waals surface area contributed by atoms with Gasteiger partial charge in [-0.3, -0.25) is 0 Å². The van der Waals surface area contributed by atoms with E-state index in [2.05, 4.69) is 71.3 Å². The third-order valence-corrected chi connectivity index (χ3v) is 10.3. The van der Waals surface area contributed by atoms with Crippen LogP contribution in [-0.4, -0.2) is 74.2 Å². The number of piperidine rings is 2. The summed E-state index contributed by atoms with van der Waals surface area (Å²) in [6.45, 7) is 5.84. The van der Waals surface area contributed by atoms with Gasteiger partial charge < -0.3 is 31.9 Å². The molecule has 4 rings (SSSR count). The standard InChI is InChI=1S/C36H56N6O2/c37-29-35(17-15-31-11-5-3-6-12-31)19-25-41(26-20-35)33(43)39-23-9-1-2-10-24-40-34(44)42-27-21-36(30-38,22-28-42)18-16-32-13-7-4-8-14-32/h3-8,11-14H,1-2,9-10,15-30,37-38H2,(H,39,43)(H,40,44). The Kier molecular flexibility index (Phi) is 13.4. The van der Waals surface area contributed by atoms with Crippen molar-refractivity contribution in [3.05, 3.63) is 71.8 Å². The number of benzene rings is 2. The molecule has 0 bridgehead atoms. The monoisotopic (exact) mass is 604 g/mol. The maximum absolute atomic E-state index is 12.7. The first-order valence-corrected chi connectivity index (χ1v) is 17.0. The Morgan fingerprint density at radius 3 is 1.30 bits per heavy atom. The van der Waals surface area contributed by atoms with Crippen LogP contribution in [-0.2, 0) is 12.8 Å². The van der Waals surface area contributed by atoms with Crippen molar-refractivity contribution in [2.75, 3.05) is 52.4 Å². The van der Waals surface area contributed by atoms with Crippen molar-refractivity contribution in [3.63, 3.8) is 0 Å². The topological polar surface area (TPSA) is 117 Å². The zero-order valence-corrected chi connectivity index (χ0v) is 26.8. The van der Waals surface area contributed by atoms with Crippen molar-refractivity contribution in [3.8, 4) is 0 Å². The minimum atomic E-state index is 0.0474. The molecule has 44 heavy (non-hydrogen) atoms. The van der Waals surface area contributed by atoms with E-state index in [0.717, 1.165) is 103 Å². The number of nitrogens with zero attached hydrogens (tertiary/aromatic N) is 2. The maximum Gasteiger partial charge on any atom is 0.317 e. The molecule has 0 atom stereocenters. The summed E-state index contributed by atoms with van der Waals surface area (Å²) in [6.07, 6.45) is 12.1. The Morgan fingerprint density at radius 1 is 0.591 bits per heavy atom. The van der Waals surface area contributed by atoms with Crippen molar-refractivity contribution in [1.82, 2.24) is 20.4 Å². The highest BCUT2D eigenvalue weighted by Crippen LogP contribution is 2.36. The van der Waals surface area contributed by atoms with Crippen molar-refractivity contribution in [2.45, 2.75) is 77.0 Å². The summed E-state index contributed by atoms with van der Waals surface area (Å²) >= 11 is 0. The highest BCUT2D eigenvalue weighted by Gasteiger charge is 2.35. The van der Waals surface area contributed by atoms with Gasteiger partial charge in [-0.25, -0.2) is 9.59 Å². The van der Waals surface area contributed by atoms with Crippen LogP contribution in [0.2, 0.25) is 0 Å². The van der Waals surface area contributed by atoms with Gasteiger partial charge in [-0.2, -0.15) is 0 Å². The van der Waals surface area contributed by atoms with Crippen molar-refractivity contribution < 1.29 is 9.59 Å². The number of urea groups is 2. The van der Waals surface area contributed by atoms with E-state index in [9.17, 15) is 9.59 Å². The molecular weight excluding hydrogens is 548 g/mol. The maximum atomic E-state index is 12.7. The van der Waals surface area contributed by atoms with Gasteiger partial charge in [-0.05, 0) is 99.3 Å². The van der Waals surface area contributed by atoms with Gasteiger partial charge in [-0.1, -0.05) is 73.5 Å². The van der Waals surface area contributed by atoms with Crippen molar-refractivity contribution >= 4 is 12.1 Å². The molecule has 0 aliphatic carbocycles. The minimum Gasteiger partial charge on any atom is -0.338 e. The molecule has 2 saturated heterocycles. The summed E-state index contributed by atoms with van der Waals surface area (Å²) in [5.41, 5.74) is 15.4. The summed E-state index contributed by atoms with van der Waals surface area (Å²) in [5.74, 6) is 0. The van der Waals surface area contributed by atoms with Crippen LogP contribution < -0.4 is 22.1 Å². The molecule has 6 N–H and O–H groups in total. The predicted molar refractivity (Wildman–Crippen MR) is 179 cm³/mol. The summed E-state index contributed by atoms with van der Waals surface area (Å²) in [6, 6.07) is 21.3. The molecule has 2 fully saturated rings. The number of nitrogens with one attached hydrogen (secondary N) is 2. The number of likely N-dealkylation sites (tertiary alicyclic amines) is 2. The van der Waals surface area contributed by atoms with E-state index in [1.165, 1.54) is 11.1 Å². The molecule has 0 unspecified atom stereocenters. The van der Waals surface area contributed by atoms with Crippen LogP contribution in [0.1, 0.15) is 75.3 Å². The lowest BCUT2D eigenvalue weighted by Gasteiger charge is -2.41. The van der Waals surface area contributed by atoms with Gasteiger partial charge in [-0.15, -0.1) is 0 Å². The molecule has 0 saturated carbocycles. The van der Waals surface area contributed by atoms with Crippen LogP contribution in [0.15, 0.2) is 60.7 Å². The van der Waals surface area contributed by atoms with Crippen LogP contribution in [0.3, 0.4) is 0 Å². The number of nitrogens with two attached hydrogens (primary N) is 2. The van der Waals surface area contributed by atoms with Crippen LogP contribution >= 0.6 is 0 Å². The molecule has 2 aromatic carbocycles. The van der Waals surface area contributed by atoms with E-state index in [4.69, 9.17) is 11.5 Å². The first kappa shape index (κ1) is 33.8. The molecule has 4 amide bonds. The highest BCUT2D eigenvalue weighted by molar-refractivity contribution is 5.74. The van der Waals surface area contributed by atoms with E-state index in [-0.39, 0.29) is 22.9 Å². The number of carbonyl (C=O) groups excluding carboxylic acids is 2. The van der Waals surface area contributed by atoms with Crippen LogP contribution in [0, 0.1) is 10.8 Å². The van der Waals surface area contributed by atoms with E-state index < -0.39 is 0 Å². The Morgan fingerprint density at radius 2 is 0.955 bits per heavy atom. The number of unbranched alkanes of at least 4 members (excludes halogenated alkanes) is 3. The van der Waals surface area contributed by atoms with Gasteiger partial charge in [0, 0.05) is 39.3 Å². The molecule has 242 valence electrons. The molecule has 2 aliphatic heterocycles. The van der Waals surface area contributed by atoms with Crippen LogP contribution in [0.5, 0.6) is 0 Å². The fourth-order valence-electron chi connectivity index (χ4n) is 6.81. The Balaban J connectivity index is 1.01. The largest absolute Gasteiger partial charge is 0.338 e. The lowest BCUT2D eigenvalue weighted by atomic mass is 9.74. The van der Waals surface area contributed by atoms with Crippen molar-refractivity contribution in [1.29, 1.82) is 0 Å². The number of carbonyl (C=O) groups is 2. The lowest BCUT2D eigenvalue weighted by molar-refractivity contribution is 0.114. The number of amides is 4. The van der Waals surface area contributed by atoms with Crippen LogP contribution in [0.4, 0.5) is 9.59 Å². The molecule has 0 aromatic heterocycles. The Hall–Kier alpha value is -3.10. The number of hydrogen-bond donors (Lipinski definition) is 4. The second-order valence-corrected chi connectivity index (χ2v) is 13.2. The molecule has 2 heterocycles. The summed E-state index contributed by atoms with van der Waals surface area (Å²) in [4.78, 5) is 29.3. The molecular formula is C36H56N6O2. The van der Waals surface area contributed by atoms with Gasteiger partial charge in [0.05, 0.1) is 0 Å². The van der Waals surface area contributed by atoms with E-state index >= 15 is 0 Å². The van der Waals surface area contributed by atoms with Crippen LogP contribution in [0.25, 0.3) is 0 Å². The fraction of sp³-hybridized carbons (Fsp3) is 0.611. The van der Waals surface area contributed by atoms with Gasteiger partial charge in [0.15, 0.2) is 0 Å². The average molecular weight is 605 g/mol. The van der Waals surface area contributed by atoms with Gasteiger partial charge >= 0.3 is 12.1 Å². The quantitative estimate of drug-likeness (QED) is 0.206. The molecule has 2 aliphatic rings. The van der Waals surface area contributed by atoms with Gasteiger partial charge in [0.1, 0.15) is 0 Å². The number of rotatable bonds is 15. The molecule has 2 aromatic rings. The molecule has 8 heteroatoms. The second-order valence-electron chi connectivity index (χ2n) is 13.2. The predicted octanol–water partition coefficient (Wildman–Crippen LogP) is 5.31. The first-order chi connectivity index (χ1) is 21.5. The average Bonchev–Trinajstić information content (AvgIpc) is 3.08. The third-order valence-electron chi connectivity index (χ3n) is 10.3. The molecule has 0 spiro atoms. The van der Waals surface area contributed by atoms with Crippen molar-refractivity contribution in [2.24, 2.45) is 22.3 Å². The van der Waals surface area contributed by atoms with E-state index in [1.807, 2.05) is 9.80 Å². The van der Waals surface area contributed by atoms with Gasteiger partial charge in [0.2, 0.25) is 0 Å². The number of hydrogen-bond acceptors (Lipinski definition) is 4. The summed E-state index contributed by atoms with van der Waals surface area (Å²) in [5, 5.41) is 6.22. The summed E-state index contributed by atoms with van der Waals surface area (Å²) in [7, 11) is 0. The van der Waals surface area contributed by atoms with E-state index in [0.29, 0.717) is 26.2 Å². The highest BCUT2D eigenvalue weighted by atomic mass is 16.2. The minimum absolute atomic E-state index is 0.0474. The molecule has 8 nitrogen and oxygen atoms in total. The normalized spacial score (nSPS) is 17.7. The Labute approximate surface area is 265 Å². The lowest BCUT2D eigenvalue weighted by Crippen LogP contribution is -2.49.